The molecule has 8 saturated heterocycles. The van der Waals surface area contributed by atoms with Crippen LogP contribution in [0.1, 0.15) is 71.9 Å². The van der Waals surface area contributed by atoms with Crippen LogP contribution in [0.2, 0.25) is 0 Å². The number of aryl methyl sites for hydroxylation is 2. The number of ether oxygens (including phenoxy) is 16. The summed E-state index contributed by atoms with van der Waals surface area (Å²) in [7, 11) is -0.206. The third-order valence-electron chi connectivity index (χ3n) is 22.4. The second-order valence-electron chi connectivity index (χ2n) is 31.3. The van der Waals surface area contributed by atoms with Crippen molar-refractivity contribution in [2.75, 3.05) is 120 Å². The summed E-state index contributed by atoms with van der Waals surface area (Å²) in [6.45, 7) is 15.7. The molecule has 18 nitrogen and oxygen atoms in total. The minimum Gasteiger partial charge on any atom is -0.491 e. The highest BCUT2D eigenvalue weighted by Crippen LogP contribution is 2.59. The van der Waals surface area contributed by atoms with Crippen LogP contribution in [-0.4, -0.2) is 177 Å². The maximum Gasteiger partial charge on any atom is 0.206 e. The standard InChI is InChI=1S/C31H26O4.C18H18O6S.2C10H12O2.C10H16.C10H8.2C4H8O2/c1-3-7-29-27(5-1)28-6-2-4-8-30(28)31(29,21-9-13-23(14-10-21)32-17-25-19-34-25)22-11-15-24(16-12-22)33-18-26-20-35-26;19-25(20,17-5-1-13(2-6-17)21-9-15-11-23-15)18-7-3-14(4-8-18)22-10-16-12-24-16;2*1-8-2-4-9(5-3-8)11-6-10-7-12-10;1-2-9-7-4-5-8(6-7)10(9)3-1;1-2-6-10-8-4-3-7-9(10)5-1;2*1-5-2-4-3-6-4/h1-16,25-26H,17-20H2;1-8,15-16H,9-12H2;2*2-5,10H,6-7H2,1H3;7-10H,1-6H2;1-8H;2*4H,2-3H2,1H3. The Labute approximate surface area is 682 Å². The predicted octanol–water partition coefficient (Wildman–Crippen LogP) is 17.0. The van der Waals surface area contributed by atoms with E-state index < -0.39 is 15.3 Å². The highest BCUT2D eigenvalue weighted by molar-refractivity contribution is 7.91. The van der Waals surface area contributed by atoms with Gasteiger partial charge in [0.1, 0.15) is 123 Å². The van der Waals surface area contributed by atoms with Crippen molar-refractivity contribution in [2.45, 2.75) is 116 Å². The van der Waals surface area contributed by atoms with Crippen molar-refractivity contribution < 1.29 is 84.2 Å². The molecular weight excluding hydrogens is 1490 g/mol. The lowest BCUT2D eigenvalue weighted by Crippen LogP contribution is -2.28. The fourth-order valence-electron chi connectivity index (χ4n) is 15.4. The average Bonchev–Trinajstić information content (AvgIpc) is 1.53. The number of rotatable bonds is 26. The summed E-state index contributed by atoms with van der Waals surface area (Å²) in [5, 5.41) is 2.62. The van der Waals surface area contributed by atoms with Gasteiger partial charge in [-0.3, -0.25) is 0 Å². The molecule has 12 atom stereocenters. The van der Waals surface area contributed by atoms with Crippen molar-refractivity contribution in [3.8, 4) is 45.6 Å². The Morgan fingerprint density at radius 1 is 0.310 bits per heavy atom. The van der Waals surface area contributed by atoms with E-state index >= 15 is 0 Å². The van der Waals surface area contributed by atoms with Crippen LogP contribution in [0.25, 0.3) is 21.9 Å². The molecule has 0 aromatic heterocycles. The third-order valence-corrected chi connectivity index (χ3v) is 24.2. The minimum absolute atomic E-state index is 0.163. The first-order valence-electron chi connectivity index (χ1n) is 41.0. The van der Waals surface area contributed by atoms with Crippen LogP contribution in [0.5, 0.6) is 34.5 Å². The van der Waals surface area contributed by atoms with Gasteiger partial charge in [-0.15, -0.1) is 0 Å². The minimum atomic E-state index is -3.57. The Morgan fingerprint density at radius 2 is 0.560 bits per heavy atom. The summed E-state index contributed by atoms with van der Waals surface area (Å²) < 4.78 is 109. The Bertz CT molecular complexity index is 4460. The molecule has 116 heavy (non-hydrogen) atoms. The molecule has 11 fully saturated rings. The number of hydrogen-bond acceptors (Lipinski definition) is 18. The Morgan fingerprint density at radius 3 is 0.828 bits per heavy atom. The number of methoxy groups -OCH3 is 2. The van der Waals surface area contributed by atoms with Crippen LogP contribution >= 0.6 is 0 Å². The normalized spacial score (nSPS) is 24.1. The van der Waals surface area contributed by atoms with Crippen molar-refractivity contribution in [1.29, 1.82) is 0 Å². The zero-order chi connectivity index (χ0) is 79.5. The Hall–Kier alpha value is -9.19. The first-order chi connectivity index (χ1) is 56.9. The van der Waals surface area contributed by atoms with Gasteiger partial charge in [0.2, 0.25) is 9.84 Å². The van der Waals surface area contributed by atoms with Gasteiger partial charge in [-0.1, -0.05) is 163 Å². The first-order valence-corrected chi connectivity index (χ1v) is 42.5. The smallest absolute Gasteiger partial charge is 0.206 e. The average molecular weight is 1590 g/mol. The summed E-state index contributed by atoms with van der Waals surface area (Å²) in [6.07, 6.45) is 11.9. The molecule has 3 saturated carbocycles. The zero-order valence-corrected chi connectivity index (χ0v) is 67.7. The summed E-state index contributed by atoms with van der Waals surface area (Å²) in [5.74, 6) is 9.63. The molecule has 19 heteroatoms. The van der Waals surface area contributed by atoms with Gasteiger partial charge in [-0.25, -0.2) is 8.42 Å². The molecule has 0 amide bonds. The van der Waals surface area contributed by atoms with E-state index in [0.29, 0.717) is 75.6 Å². The van der Waals surface area contributed by atoms with Crippen molar-refractivity contribution in [1.82, 2.24) is 0 Å². The molecule has 12 aliphatic rings. The second kappa shape index (κ2) is 39.8. The van der Waals surface area contributed by atoms with E-state index in [1.165, 1.54) is 79.0 Å². The lowest BCUT2D eigenvalue weighted by Gasteiger charge is -2.34. The maximum absolute atomic E-state index is 12.7. The van der Waals surface area contributed by atoms with Gasteiger partial charge in [0.15, 0.2) is 0 Å². The van der Waals surface area contributed by atoms with Crippen molar-refractivity contribution in [2.24, 2.45) is 23.7 Å². The summed E-state index contributed by atoms with van der Waals surface area (Å²) in [6, 6.07) is 80.3. The third kappa shape index (κ3) is 23.8. The number of sulfone groups is 1. The fraction of sp³-hybridized carbons (Fsp3) is 0.402. The summed E-state index contributed by atoms with van der Waals surface area (Å²) in [5.41, 5.74) is 9.65. The molecule has 8 heterocycles. The maximum atomic E-state index is 12.7. The van der Waals surface area contributed by atoms with E-state index in [9.17, 15) is 8.42 Å². The van der Waals surface area contributed by atoms with Gasteiger partial charge in [-0.05, 0) is 211 Å². The number of epoxide rings is 8. The van der Waals surface area contributed by atoms with Gasteiger partial charge in [0.05, 0.1) is 81.3 Å². The van der Waals surface area contributed by atoms with Crippen LogP contribution in [0.3, 0.4) is 0 Å². The van der Waals surface area contributed by atoms with Crippen molar-refractivity contribution >= 4 is 20.6 Å². The predicted molar refractivity (Wildman–Crippen MR) is 445 cm³/mol. The van der Waals surface area contributed by atoms with Gasteiger partial charge in [0, 0.05) is 14.2 Å². The lowest BCUT2D eigenvalue weighted by atomic mass is 9.68. The molecular formula is C97H108O18S. The summed E-state index contributed by atoms with van der Waals surface area (Å²) in [4.78, 5) is 0.449. The largest absolute Gasteiger partial charge is 0.491 e. The Kier molecular flexibility index (Phi) is 28.1. The second-order valence-corrected chi connectivity index (χ2v) is 33.3. The van der Waals surface area contributed by atoms with Crippen LogP contribution in [0, 0.1) is 37.5 Å². The van der Waals surface area contributed by atoms with Crippen molar-refractivity contribution in [3.05, 3.63) is 276 Å². The van der Waals surface area contributed by atoms with Crippen molar-refractivity contribution in [3.63, 3.8) is 0 Å². The molecule has 22 rings (SSSR count). The molecule has 0 spiro atoms. The van der Waals surface area contributed by atoms with E-state index in [1.807, 2.05) is 48.5 Å². The molecule has 610 valence electrons. The van der Waals surface area contributed by atoms with E-state index in [0.717, 1.165) is 89.1 Å². The monoisotopic (exact) mass is 1590 g/mol. The lowest BCUT2D eigenvalue weighted by molar-refractivity contribution is 0.171. The van der Waals surface area contributed by atoms with Gasteiger partial charge >= 0.3 is 0 Å². The zero-order valence-electron chi connectivity index (χ0n) is 66.8. The van der Waals surface area contributed by atoms with Crippen LogP contribution in [-0.2, 0) is 62.6 Å². The van der Waals surface area contributed by atoms with Crippen LogP contribution in [0.15, 0.2) is 252 Å². The highest BCUT2D eigenvalue weighted by Gasteiger charge is 2.49. The highest BCUT2D eigenvalue weighted by atomic mass is 32.2. The SMILES string of the molecule is C1CC2C3CCC(C3)C2C1.COCC1CO1.COCC1CO1.Cc1ccc(OCC2CO2)cc1.Cc1ccc(OCC2CO2)cc1.O=S(=O)(c1ccc(OCC2CO2)cc1)c1ccc(OCC2CO2)cc1.c1ccc2c(c1)-c1ccccc1C2(c1ccc(OCC2CO2)cc1)c1ccc(OCC2CO2)cc1.c1ccc2ccccc2c1. The molecule has 0 N–H and O–H groups in total. The molecule has 4 aliphatic carbocycles. The first kappa shape index (κ1) is 81.9. The molecule has 8 aliphatic heterocycles. The van der Waals surface area contributed by atoms with Crippen LogP contribution < -0.4 is 28.4 Å². The molecule has 10 aromatic carbocycles. The van der Waals surface area contributed by atoms with Crippen LogP contribution in [0.4, 0.5) is 0 Å². The number of benzene rings is 10. The van der Waals surface area contributed by atoms with Gasteiger partial charge in [0.25, 0.3) is 0 Å². The van der Waals surface area contributed by atoms with Gasteiger partial charge < -0.3 is 75.8 Å². The van der Waals surface area contributed by atoms with E-state index in [-0.39, 0.29) is 34.2 Å². The topological polar surface area (TPSA) is 208 Å². The fourth-order valence-corrected chi connectivity index (χ4v) is 16.7. The Balaban J connectivity index is 0.000000113. The number of fused-ring (bicyclic) bond motifs is 9. The number of hydrogen-bond donors (Lipinski definition) is 0. The van der Waals surface area contributed by atoms with Gasteiger partial charge in [-0.2, -0.15) is 0 Å². The van der Waals surface area contributed by atoms with E-state index in [1.54, 1.807) is 101 Å². The summed E-state index contributed by atoms with van der Waals surface area (Å²) >= 11 is 0. The van der Waals surface area contributed by atoms with E-state index in [2.05, 4.69) is 159 Å². The molecule has 2 bridgehead atoms. The molecule has 10 aromatic rings. The quantitative estimate of drug-likeness (QED) is 0.0462. The van der Waals surface area contributed by atoms with E-state index in [4.69, 9.17) is 75.8 Å². The molecule has 0 radical (unpaired) electrons. The molecule has 12 unspecified atom stereocenters.